The summed E-state index contributed by atoms with van der Waals surface area (Å²) in [6.45, 7) is 2.10. The Labute approximate surface area is 157 Å². The summed E-state index contributed by atoms with van der Waals surface area (Å²) in [5, 5.41) is 3.84. The van der Waals surface area contributed by atoms with E-state index in [2.05, 4.69) is 5.16 Å². The molecule has 1 aromatic heterocycles. The lowest BCUT2D eigenvalue weighted by molar-refractivity contribution is 0.0774. The summed E-state index contributed by atoms with van der Waals surface area (Å²) in [6.07, 6.45) is 0. The molecule has 0 aliphatic carbocycles. The van der Waals surface area contributed by atoms with Crippen molar-refractivity contribution in [2.24, 2.45) is 0 Å². The van der Waals surface area contributed by atoms with Gasteiger partial charge in [0.05, 0.1) is 0 Å². The third kappa shape index (κ3) is 4.82. The minimum atomic E-state index is -0.229. The minimum Gasteiger partial charge on any atom is -0.486 e. The molecule has 1 amide bonds. The summed E-state index contributed by atoms with van der Waals surface area (Å²) in [6, 6.07) is 18.2. The van der Waals surface area contributed by atoms with Crippen LogP contribution in [0.15, 0.2) is 65.2 Å². The fraction of sp³-hybridized carbons (Fsp3) is 0.190. The number of ether oxygens (including phenoxy) is 1. The second kappa shape index (κ2) is 8.31. The van der Waals surface area contributed by atoms with Crippen LogP contribution >= 0.6 is 0 Å². The number of hydrogen-bond donors (Lipinski definition) is 0. The summed E-state index contributed by atoms with van der Waals surface area (Å²) in [5.74, 6) is 0.717. The molecule has 0 spiro atoms. The van der Waals surface area contributed by atoms with Gasteiger partial charge in [0.15, 0.2) is 17.2 Å². The number of hydrogen-bond acceptors (Lipinski definition) is 5. The Morgan fingerprint density at radius 1 is 1.07 bits per heavy atom. The van der Waals surface area contributed by atoms with E-state index in [0.717, 1.165) is 5.56 Å². The van der Waals surface area contributed by atoms with E-state index in [9.17, 15) is 9.59 Å². The highest BCUT2D eigenvalue weighted by Crippen LogP contribution is 2.16. The molecule has 0 fully saturated rings. The standard InChI is InChI=1S/C21H20N2O4/c1-15(24)17-9-6-10-18(11-17)26-14-19-12-20(22-27-19)21(25)23(2)13-16-7-4-3-5-8-16/h3-12H,13-14H2,1-2H3. The van der Waals surface area contributed by atoms with Gasteiger partial charge < -0.3 is 14.2 Å². The van der Waals surface area contributed by atoms with Crippen molar-refractivity contribution < 1.29 is 18.8 Å². The molecule has 27 heavy (non-hydrogen) atoms. The van der Waals surface area contributed by atoms with Crippen molar-refractivity contribution >= 4 is 11.7 Å². The highest BCUT2D eigenvalue weighted by Gasteiger charge is 2.17. The van der Waals surface area contributed by atoms with Gasteiger partial charge in [-0.3, -0.25) is 9.59 Å². The number of nitrogens with zero attached hydrogens (tertiary/aromatic N) is 2. The molecule has 0 N–H and O–H groups in total. The Hall–Kier alpha value is -3.41. The molecule has 0 bridgehead atoms. The van der Waals surface area contributed by atoms with Crippen molar-refractivity contribution in [3.8, 4) is 5.75 Å². The number of Topliss-reactive ketones (excluding diaryl/α,β-unsaturated/α-hetero) is 1. The molecular weight excluding hydrogens is 344 g/mol. The second-order valence-electron chi connectivity index (χ2n) is 6.20. The van der Waals surface area contributed by atoms with E-state index in [1.807, 2.05) is 30.3 Å². The maximum absolute atomic E-state index is 12.5. The van der Waals surface area contributed by atoms with Gasteiger partial charge in [-0.1, -0.05) is 47.6 Å². The van der Waals surface area contributed by atoms with Crippen LogP contribution < -0.4 is 4.74 Å². The Kier molecular flexibility index (Phi) is 5.66. The molecule has 3 aromatic rings. The Morgan fingerprint density at radius 3 is 2.59 bits per heavy atom. The third-order valence-corrected chi connectivity index (χ3v) is 4.01. The molecule has 2 aromatic carbocycles. The molecule has 0 saturated carbocycles. The summed E-state index contributed by atoms with van der Waals surface area (Å²) in [5.41, 5.74) is 1.83. The number of ketones is 1. The summed E-state index contributed by atoms with van der Waals surface area (Å²) in [4.78, 5) is 25.5. The fourth-order valence-corrected chi connectivity index (χ4v) is 2.57. The first-order chi connectivity index (χ1) is 13.0. The summed E-state index contributed by atoms with van der Waals surface area (Å²) < 4.78 is 10.8. The van der Waals surface area contributed by atoms with Crippen LogP contribution in [-0.2, 0) is 13.2 Å². The molecule has 138 valence electrons. The van der Waals surface area contributed by atoms with E-state index in [4.69, 9.17) is 9.26 Å². The highest BCUT2D eigenvalue weighted by molar-refractivity contribution is 5.94. The van der Waals surface area contributed by atoms with Gasteiger partial charge in [0, 0.05) is 25.2 Å². The van der Waals surface area contributed by atoms with Gasteiger partial charge in [0.2, 0.25) is 0 Å². The average molecular weight is 364 g/mol. The van der Waals surface area contributed by atoms with Crippen LogP contribution in [0.3, 0.4) is 0 Å². The number of amides is 1. The van der Waals surface area contributed by atoms with Gasteiger partial charge in [0.25, 0.3) is 5.91 Å². The van der Waals surface area contributed by atoms with Crippen molar-refractivity contribution in [3.05, 3.63) is 83.2 Å². The van der Waals surface area contributed by atoms with Crippen molar-refractivity contribution in [1.29, 1.82) is 0 Å². The van der Waals surface area contributed by atoms with Crippen molar-refractivity contribution in [3.63, 3.8) is 0 Å². The molecule has 0 saturated heterocycles. The van der Waals surface area contributed by atoms with E-state index in [1.165, 1.54) is 6.92 Å². The van der Waals surface area contributed by atoms with Crippen molar-refractivity contribution in [2.45, 2.75) is 20.1 Å². The Balaban J connectivity index is 1.60. The molecule has 6 heteroatoms. The number of carbonyl (C=O) groups is 2. The second-order valence-corrected chi connectivity index (χ2v) is 6.20. The summed E-state index contributed by atoms with van der Waals surface area (Å²) >= 11 is 0. The molecule has 0 unspecified atom stereocenters. The molecular formula is C21H20N2O4. The van der Waals surface area contributed by atoms with Gasteiger partial charge in [0.1, 0.15) is 12.4 Å². The van der Waals surface area contributed by atoms with Gasteiger partial charge in [-0.25, -0.2) is 0 Å². The van der Waals surface area contributed by atoms with E-state index < -0.39 is 0 Å². The molecule has 1 heterocycles. The van der Waals surface area contributed by atoms with Crippen molar-refractivity contribution in [1.82, 2.24) is 10.1 Å². The van der Waals surface area contributed by atoms with Crippen LogP contribution in [0.1, 0.15) is 39.1 Å². The monoisotopic (exact) mass is 364 g/mol. The predicted molar refractivity (Wildman–Crippen MR) is 99.5 cm³/mol. The zero-order chi connectivity index (χ0) is 19.2. The largest absolute Gasteiger partial charge is 0.486 e. The first-order valence-electron chi connectivity index (χ1n) is 8.51. The molecule has 0 radical (unpaired) electrons. The van der Waals surface area contributed by atoms with E-state index >= 15 is 0 Å². The molecule has 0 aliphatic rings. The van der Waals surface area contributed by atoms with Crippen LogP contribution in [0.2, 0.25) is 0 Å². The summed E-state index contributed by atoms with van der Waals surface area (Å²) in [7, 11) is 1.72. The lowest BCUT2D eigenvalue weighted by Gasteiger charge is -2.15. The smallest absolute Gasteiger partial charge is 0.276 e. The first-order valence-corrected chi connectivity index (χ1v) is 8.51. The lowest BCUT2D eigenvalue weighted by atomic mass is 10.1. The predicted octanol–water partition coefficient (Wildman–Crippen LogP) is 3.73. The van der Waals surface area contributed by atoms with Gasteiger partial charge in [-0.2, -0.15) is 0 Å². The van der Waals surface area contributed by atoms with E-state index in [1.54, 1.807) is 42.3 Å². The number of aromatic nitrogens is 1. The first kappa shape index (κ1) is 18.4. The SMILES string of the molecule is CC(=O)c1cccc(OCc2cc(C(=O)N(C)Cc3ccccc3)no2)c1. The topological polar surface area (TPSA) is 72.6 Å². The van der Waals surface area contributed by atoms with Gasteiger partial charge in [-0.05, 0) is 24.6 Å². The van der Waals surface area contributed by atoms with Crippen LogP contribution in [0.4, 0.5) is 0 Å². The van der Waals surface area contributed by atoms with E-state index in [0.29, 0.717) is 23.6 Å². The number of benzene rings is 2. The normalized spacial score (nSPS) is 10.4. The zero-order valence-electron chi connectivity index (χ0n) is 15.2. The highest BCUT2D eigenvalue weighted by atomic mass is 16.5. The number of carbonyl (C=O) groups excluding carboxylic acids is 2. The Morgan fingerprint density at radius 2 is 1.85 bits per heavy atom. The van der Waals surface area contributed by atoms with Gasteiger partial charge >= 0.3 is 0 Å². The van der Waals surface area contributed by atoms with Gasteiger partial charge in [-0.15, -0.1) is 0 Å². The van der Waals surface area contributed by atoms with Crippen LogP contribution in [0, 0.1) is 0 Å². The molecule has 0 atom stereocenters. The van der Waals surface area contributed by atoms with E-state index in [-0.39, 0.29) is 24.0 Å². The zero-order valence-corrected chi connectivity index (χ0v) is 15.2. The third-order valence-electron chi connectivity index (χ3n) is 4.01. The van der Waals surface area contributed by atoms with Crippen LogP contribution in [0.5, 0.6) is 5.75 Å². The fourth-order valence-electron chi connectivity index (χ4n) is 2.57. The quantitative estimate of drug-likeness (QED) is 0.597. The van der Waals surface area contributed by atoms with Crippen molar-refractivity contribution in [2.75, 3.05) is 7.05 Å². The maximum Gasteiger partial charge on any atom is 0.276 e. The molecule has 6 nitrogen and oxygen atoms in total. The van der Waals surface area contributed by atoms with Crippen LogP contribution in [0.25, 0.3) is 0 Å². The number of rotatable bonds is 7. The molecule has 0 aliphatic heterocycles. The molecule has 3 rings (SSSR count). The van der Waals surface area contributed by atoms with Crippen LogP contribution in [-0.4, -0.2) is 28.8 Å². The average Bonchev–Trinajstić information content (AvgIpc) is 3.15. The minimum absolute atomic E-state index is 0.0329. The maximum atomic E-state index is 12.5. The lowest BCUT2D eigenvalue weighted by Crippen LogP contribution is -2.26. The Bertz CT molecular complexity index is 934.